The van der Waals surface area contributed by atoms with Crippen LogP contribution in [0.25, 0.3) is 0 Å². The Hall–Kier alpha value is -0.830. The topological polar surface area (TPSA) is 29.1 Å². The van der Waals surface area contributed by atoms with Gasteiger partial charge in [0.1, 0.15) is 0 Å². The van der Waals surface area contributed by atoms with Crippen LogP contribution in [0, 0.1) is 5.92 Å². The molecule has 0 aliphatic heterocycles. The first-order chi connectivity index (χ1) is 8.16. The first-order valence-electron chi connectivity index (χ1n) is 6.22. The summed E-state index contributed by atoms with van der Waals surface area (Å²) >= 11 is 3.45. The molecule has 17 heavy (non-hydrogen) atoms. The van der Waals surface area contributed by atoms with Gasteiger partial charge in [-0.25, -0.2) is 0 Å². The number of hydrogen-bond donors (Lipinski definition) is 1. The normalized spacial score (nSPS) is 18.0. The van der Waals surface area contributed by atoms with Gasteiger partial charge in [0.15, 0.2) is 0 Å². The first-order valence-corrected chi connectivity index (χ1v) is 7.02. The Morgan fingerprint density at radius 2 is 2.12 bits per heavy atom. The van der Waals surface area contributed by atoms with Gasteiger partial charge in [-0.15, -0.1) is 0 Å². The number of hydrogen-bond acceptors (Lipinski definition) is 1. The lowest BCUT2D eigenvalue weighted by Crippen LogP contribution is -2.31. The molecule has 0 saturated heterocycles. The van der Waals surface area contributed by atoms with Crippen molar-refractivity contribution >= 4 is 21.8 Å². The molecule has 0 heterocycles. The quantitative estimate of drug-likeness (QED) is 0.902. The highest BCUT2D eigenvalue weighted by Gasteiger charge is 2.23. The van der Waals surface area contributed by atoms with Gasteiger partial charge in [-0.1, -0.05) is 40.9 Å². The predicted octanol–water partition coefficient (Wildman–Crippen LogP) is 3.82. The number of halogens is 1. The summed E-state index contributed by atoms with van der Waals surface area (Å²) in [5.74, 6) is 0.458. The van der Waals surface area contributed by atoms with Gasteiger partial charge in [-0.2, -0.15) is 0 Å². The van der Waals surface area contributed by atoms with Gasteiger partial charge in [0.25, 0.3) is 0 Å². The molecule has 1 aliphatic rings. The Balaban J connectivity index is 1.96. The highest BCUT2D eigenvalue weighted by Crippen LogP contribution is 2.26. The van der Waals surface area contributed by atoms with Crippen molar-refractivity contribution < 1.29 is 4.79 Å². The first kappa shape index (κ1) is 12.6. The molecule has 1 amide bonds. The lowest BCUT2D eigenvalue weighted by atomic mass is 10.0. The molecular weight excluding hydrogens is 278 g/mol. The molecule has 92 valence electrons. The van der Waals surface area contributed by atoms with Crippen molar-refractivity contribution in [1.29, 1.82) is 0 Å². The number of benzene rings is 1. The predicted molar refractivity (Wildman–Crippen MR) is 72.7 cm³/mol. The van der Waals surface area contributed by atoms with Crippen molar-refractivity contribution in [2.45, 2.75) is 38.6 Å². The zero-order valence-electron chi connectivity index (χ0n) is 10.1. The van der Waals surface area contributed by atoms with E-state index in [0.717, 1.165) is 22.9 Å². The molecule has 0 aromatic heterocycles. The van der Waals surface area contributed by atoms with Crippen LogP contribution in [0.1, 0.15) is 44.2 Å². The molecule has 2 rings (SSSR count). The van der Waals surface area contributed by atoms with E-state index >= 15 is 0 Å². The maximum atomic E-state index is 12.0. The SMILES string of the molecule is C[C@H](NC(=O)C1CCCC1)c1cccc(Br)c1. The second-order valence-electron chi connectivity index (χ2n) is 4.77. The third-order valence-electron chi connectivity index (χ3n) is 3.43. The fourth-order valence-electron chi connectivity index (χ4n) is 2.38. The minimum absolute atomic E-state index is 0.0839. The minimum atomic E-state index is 0.0839. The lowest BCUT2D eigenvalue weighted by Gasteiger charge is -2.17. The monoisotopic (exact) mass is 295 g/mol. The molecule has 3 heteroatoms. The summed E-state index contributed by atoms with van der Waals surface area (Å²) in [6, 6.07) is 8.18. The molecule has 0 spiro atoms. The Kier molecular flexibility index (Phi) is 4.21. The molecule has 1 saturated carbocycles. The molecular formula is C14H18BrNO. The zero-order valence-corrected chi connectivity index (χ0v) is 11.7. The van der Waals surface area contributed by atoms with E-state index in [2.05, 4.69) is 27.3 Å². The molecule has 0 unspecified atom stereocenters. The van der Waals surface area contributed by atoms with E-state index in [1.54, 1.807) is 0 Å². The van der Waals surface area contributed by atoms with Crippen molar-refractivity contribution in [3.8, 4) is 0 Å². The second kappa shape index (κ2) is 5.67. The van der Waals surface area contributed by atoms with E-state index in [-0.39, 0.29) is 17.9 Å². The third kappa shape index (κ3) is 3.32. The summed E-state index contributed by atoms with van der Waals surface area (Å²) in [6.07, 6.45) is 4.50. The van der Waals surface area contributed by atoms with Crippen LogP contribution in [0.2, 0.25) is 0 Å². The van der Waals surface area contributed by atoms with E-state index in [1.165, 1.54) is 12.8 Å². The highest BCUT2D eigenvalue weighted by molar-refractivity contribution is 9.10. The maximum Gasteiger partial charge on any atom is 0.223 e. The summed E-state index contributed by atoms with van der Waals surface area (Å²) in [5, 5.41) is 3.11. The van der Waals surface area contributed by atoms with E-state index < -0.39 is 0 Å². The molecule has 0 radical (unpaired) electrons. The Labute approximate surface area is 111 Å². The molecule has 1 N–H and O–H groups in total. The summed E-state index contributed by atoms with van der Waals surface area (Å²) in [7, 11) is 0. The van der Waals surface area contributed by atoms with Crippen molar-refractivity contribution in [2.24, 2.45) is 5.92 Å². The summed E-state index contributed by atoms with van der Waals surface area (Å²) < 4.78 is 1.05. The minimum Gasteiger partial charge on any atom is -0.349 e. The average Bonchev–Trinajstić information content (AvgIpc) is 2.82. The number of carbonyl (C=O) groups excluding carboxylic acids is 1. The molecule has 2 nitrogen and oxygen atoms in total. The summed E-state index contributed by atoms with van der Waals surface area (Å²) in [5.41, 5.74) is 1.14. The van der Waals surface area contributed by atoms with Gasteiger partial charge >= 0.3 is 0 Å². The van der Waals surface area contributed by atoms with E-state index in [9.17, 15) is 4.79 Å². The fourth-order valence-corrected chi connectivity index (χ4v) is 2.80. The van der Waals surface area contributed by atoms with Crippen LogP contribution in [0.15, 0.2) is 28.7 Å². The molecule has 1 aromatic carbocycles. The van der Waals surface area contributed by atoms with Crippen molar-refractivity contribution in [3.05, 3.63) is 34.3 Å². The third-order valence-corrected chi connectivity index (χ3v) is 3.93. The zero-order chi connectivity index (χ0) is 12.3. The largest absolute Gasteiger partial charge is 0.349 e. The Bertz CT molecular complexity index is 399. The van der Waals surface area contributed by atoms with Crippen LogP contribution in [0.4, 0.5) is 0 Å². The van der Waals surface area contributed by atoms with Crippen molar-refractivity contribution in [3.63, 3.8) is 0 Å². The fraction of sp³-hybridized carbons (Fsp3) is 0.500. The van der Waals surface area contributed by atoms with Crippen LogP contribution >= 0.6 is 15.9 Å². The van der Waals surface area contributed by atoms with E-state index in [4.69, 9.17) is 0 Å². The van der Waals surface area contributed by atoms with E-state index in [0.29, 0.717) is 0 Å². The average molecular weight is 296 g/mol. The van der Waals surface area contributed by atoms with Gasteiger partial charge in [0.05, 0.1) is 6.04 Å². The summed E-state index contributed by atoms with van der Waals surface area (Å²) in [4.78, 5) is 12.0. The van der Waals surface area contributed by atoms with Gasteiger partial charge in [-0.05, 0) is 37.5 Å². The number of nitrogens with one attached hydrogen (secondary N) is 1. The van der Waals surface area contributed by atoms with E-state index in [1.807, 2.05) is 25.1 Å². The van der Waals surface area contributed by atoms with Crippen LogP contribution in [0.3, 0.4) is 0 Å². The van der Waals surface area contributed by atoms with Crippen LogP contribution in [0.5, 0.6) is 0 Å². The van der Waals surface area contributed by atoms with Gasteiger partial charge < -0.3 is 5.32 Å². The number of carbonyl (C=O) groups is 1. The maximum absolute atomic E-state index is 12.0. The van der Waals surface area contributed by atoms with Crippen molar-refractivity contribution in [2.75, 3.05) is 0 Å². The van der Waals surface area contributed by atoms with Crippen LogP contribution in [-0.2, 0) is 4.79 Å². The van der Waals surface area contributed by atoms with Gasteiger partial charge in [0.2, 0.25) is 5.91 Å². The second-order valence-corrected chi connectivity index (χ2v) is 5.68. The molecule has 1 atom stereocenters. The molecule has 1 fully saturated rings. The smallest absolute Gasteiger partial charge is 0.223 e. The van der Waals surface area contributed by atoms with Crippen LogP contribution in [-0.4, -0.2) is 5.91 Å². The number of rotatable bonds is 3. The molecule has 1 aliphatic carbocycles. The Morgan fingerprint density at radius 3 is 2.76 bits per heavy atom. The number of amides is 1. The standard InChI is InChI=1S/C14H18BrNO/c1-10(12-7-4-8-13(15)9-12)16-14(17)11-5-2-3-6-11/h4,7-11H,2-3,5-6H2,1H3,(H,16,17)/t10-/m0/s1. The highest BCUT2D eigenvalue weighted by atomic mass is 79.9. The lowest BCUT2D eigenvalue weighted by molar-refractivity contribution is -0.125. The van der Waals surface area contributed by atoms with Crippen molar-refractivity contribution in [1.82, 2.24) is 5.32 Å². The van der Waals surface area contributed by atoms with Crippen LogP contribution < -0.4 is 5.32 Å². The molecule has 1 aromatic rings. The Morgan fingerprint density at radius 1 is 1.41 bits per heavy atom. The molecule has 0 bridgehead atoms. The van der Waals surface area contributed by atoms with Gasteiger partial charge in [0, 0.05) is 10.4 Å². The summed E-state index contributed by atoms with van der Waals surface area (Å²) in [6.45, 7) is 2.04. The van der Waals surface area contributed by atoms with Gasteiger partial charge in [-0.3, -0.25) is 4.79 Å².